The third-order valence-corrected chi connectivity index (χ3v) is 2.67. The molecule has 0 saturated carbocycles. The first kappa shape index (κ1) is 14.7. The molecular formula is C12H16ClFN2O2. The summed E-state index contributed by atoms with van der Waals surface area (Å²) in [5, 5.41) is 14.0. The number of hydrogen-bond donors (Lipinski definition) is 3. The van der Waals surface area contributed by atoms with Gasteiger partial charge in [0.2, 0.25) is 0 Å². The normalized spacial score (nSPS) is 12.0. The van der Waals surface area contributed by atoms with Gasteiger partial charge >= 0.3 is 6.03 Å². The summed E-state index contributed by atoms with van der Waals surface area (Å²) in [7, 11) is 0. The number of carbonyl (C=O) groups excluding carboxylic acids is 1. The Bertz CT molecular complexity index is 415. The van der Waals surface area contributed by atoms with Crippen molar-refractivity contribution in [3.63, 3.8) is 0 Å². The molecule has 18 heavy (non-hydrogen) atoms. The van der Waals surface area contributed by atoms with Crippen molar-refractivity contribution in [1.29, 1.82) is 0 Å². The van der Waals surface area contributed by atoms with Gasteiger partial charge in [-0.1, -0.05) is 17.7 Å². The molecule has 6 heteroatoms. The van der Waals surface area contributed by atoms with Gasteiger partial charge in [-0.3, -0.25) is 0 Å². The first-order valence-corrected chi connectivity index (χ1v) is 6.00. The lowest BCUT2D eigenvalue weighted by molar-refractivity contribution is 0.230. The summed E-state index contributed by atoms with van der Waals surface area (Å²) in [6.45, 7) is 2.08. The van der Waals surface area contributed by atoms with E-state index in [1.165, 1.54) is 12.1 Å². The molecule has 1 rings (SSSR count). The Kier molecular flexibility index (Phi) is 5.88. The Balaban J connectivity index is 2.40. The molecule has 4 nitrogen and oxygen atoms in total. The minimum absolute atomic E-state index is 0.0228. The number of urea groups is 1. The van der Waals surface area contributed by atoms with Crippen LogP contribution in [0.4, 0.5) is 9.18 Å². The molecule has 0 aliphatic carbocycles. The molecule has 0 aromatic heterocycles. The second-order valence-corrected chi connectivity index (χ2v) is 4.40. The average molecular weight is 275 g/mol. The lowest BCUT2D eigenvalue weighted by atomic mass is 10.2. The van der Waals surface area contributed by atoms with Crippen LogP contribution in [0.1, 0.15) is 18.9 Å². The first-order chi connectivity index (χ1) is 8.52. The van der Waals surface area contributed by atoms with Crippen molar-refractivity contribution in [1.82, 2.24) is 10.6 Å². The summed E-state index contributed by atoms with van der Waals surface area (Å²) in [5.74, 6) is -0.485. The molecule has 0 fully saturated rings. The van der Waals surface area contributed by atoms with Gasteiger partial charge in [-0.15, -0.1) is 0 Å². The average Bonchev–Trinajstić information content (AvgIpc) is 2.31. The van der Waals surface area contributed by atoms with Crippen LogP contribution in [0, 0.1) is 5.82 Å². The molecule has 0 saturated heterocycles. The van der Waals surface area contributed by atoms with E-state index in [0.29, 0.717) is 12.0 Å². The monoisotopic (exact) mass is 274 g/mol. The Labute approximate surface area is 110 Å². The number of aliphatic hydroxyl groups is 1. The van der Waals surface area contributed by atoms with Crippen LogP contribution in [0.25, 0.3) is 0 Å². The van der Waals surface area contributed by atoms with Crippen LogP contribution in [0.5, 0.6) is 0 Å². The predicted octanol–water partition coefficient (Wildman–Crippen LogP) is 2.05. The largest absolute Gasteiger partial charge is 0.396 e. The Hall–Kier alpha value is -1.33. The van der Waals surface area contributed by atoms with E-state index in [0.717, 1.165) is 0 Å². The number of nitrogens with one attached hydrogen (secondary N) is 2. The second-order valence-electron chi connectivity index (χ2n) is 3.99. The molecule has 0 aliphatic rings. The van der Waals surface area contributed by atoms with Crippen molar-refractivity contribution in [3.8, 4) is 0 Å². The predicted molar refractivity (Wildman–Crippen MR) is 67.9 cm³/mol. The zero-order chi connectivity index (χ0) is 13.5. The van der Waals surface area contributed by atoms with Gasteiger partial charge in [-0.05, 0) is 31.0 Å². The molecular weight excluding hydrogens is 259 g/mol. The summed E-state index contributed by atoms with van der Waals surface area (Å²) >= 11 is 5.62. The highest BCUT2D eigenvalue weighted by atomic mass is 35.5. The first-order valence-electron chi connectivity index (χ1n) is 5.62. The molecule has 100 valence electrons. The molecule has 0 spiro atoms. The van der Waals surface area contributed by atoms with Crippen molar-refractivity contribution in [2.45, 2.75) is 25.9 Å². The zero-order valence-electron chi connectivity index (χ0n) is 10.0. The highest BCUT2D eigenvalue weighted by Gasteiger charge is 2.06. The lowest BCUT2D eigenvalue weighted by Crippen LogP contribution is -2.40. The summed E-state index contributed by atoms with van der Waals surface area (Å²) < 4.78 is 12.9. The van der Waals surface area contributed by atoms with Crippen LogP contribution in [0.3, 0.4) is 0 Å². The van der Waals surface area contributed by atoms with Crippen molar-refractivity contribution < 1.29 is 14.3 Å². The van der Waals surface area contributed by atoms with Gasteiger partial charge in [0.1, 0.15) is 5.82 Å². The van der Waals surface area contributed by atoms with E-state index < -0.39 is 5.82 Å². The Morgan fingerprint density at radius 1 is 1.56 bits per heavy atom. The fourth-order valence-electron chi connectivity index (χ4n) is 1.37. The third kappa shape index (κ3) is 4.89. The van der Waals surface area contributed by atoms with Crippen molar-refractivity contribution in [2.24, 2.45) is 0 Å². The quantitative estimate of drug-likeness (QED) is 0.770. The van der Waals surface area contributed by atoms with Crippen LogP contribution in [-0.4, -0.2) is 23.8 Å². The number of amides is 2. The van der Waals surface area contributed by atoms with Gasteiger partial charge in [0, 0.05) is 19.2 Å². The van der Waals surface area contributed by atoms with Crippen LogP contribution < -0.4 is 10.6 Å². The van der Waals surface area contributed by atoms with Crippen LogP contribution in [0.2, 0.25) is 5.02 Å². The minimum atomic E-state index is -0.485. The van der Waals surface area contributed by atoms with Gasteiger partial charge in [0.15, 0.2) is 0 Å². The number of aliphatic hydroxyl groups excluding tert-OH is 1. The molecule has 1 aromatic carbocycles. The van der Waals surface area contributed by atoms with Gasteiger partial charge in [-0.25, -0.2) is 9.18 Å². The molecule has 0 bridgehead atoms. The fourth-order valence-corrected chi connectivity index (χ4v) is 1.58. The number of hydrogen-bond acceptors (Lipinski definition) is 2. The van der Waals surface area contributed by atoms with Crippen molar-refractivity contribution >= 4 is 17.6 Å². The van der Waals surface area contributed by atoms with E-state index in [1.54, 1.807) is 13.0 Å². The van der Waals surface area contributed by atoms with Crippen molar-refractivity contribution in [3.05, 3.63) is 34.6 Å². The van der Waals surface area contributed by atoms with Gasteiger partial charge in [-0.2, -0.15) is 0 Å². The Morgan fingerprint density at radius 3 is 2.89 bits per heavy atom. The van der Waals surface area contributed by atoms with E-state index in [4.69, 9.17) is 16.7 Å². The summed E-state index contributed by atoms with van der Waals surface area (Å²) in [4.78, 5) is 11.4. The molecule has 3 N–H and O–H groups in total. The van der Waals surface area contributed by atoms with Gasteiger partial charge < -0.3 is 15.7 Å². The molecule has 1 atom stereocenters. The molecule has 0 unspecified atom stereocenters. The summed E-state index contributed by atoms with van der Waals surface area (Å²) in [5.41, 5.74) is 0.714. The summed E-state index contributed by atoms with van der Waals surface area (Å²) in [6.07, 6.45) is 0.496. The highest BCUT2D eigenvalue weighted by Crippen LogP contribution is 2.15. The van der Waals surface area contributed by atoms with Crippen LogP contribution in [-0.2, 0) is 6.54 Å². The van der Waals surface area contributed by atoms with E-state index in [1.807, 2.05) is 0 Å². The maximum Gasteiger partial charge on any atom is 0.315 e. The van der Waals surface area contributed by atoms with Crippen LogP contribution in [0.15, 0.2) is 18.2 Å². The minimum Gasteiger partial charge on any atom is -0.396 e. The van der Waals surface area contributed by atoms with E-state index in [2.05, 4.69) is 10.6 Å². The zero-order valence-corrected chi connectivity index (χ0v) is 10.8. The standard InChI is InChI=1S/C12H16ClFN2O2/c1-8(4-5-17)16-12(18)15-7-9-2-3-11(14)10(13)6-9/h2-3,6,8,17H,4-5,7H2,1H3,(H2,15,16,18)/t8-/m1/s1. The maximum absolute atomic E-state index is 12.9. The van der Waals surface area contributed by atoms with Crippen LogP contribution >= 0.6 is 11.6 Å². The lowest BCUT2D eigenvalue weighted by Gasteiger charge is -2.13. The van der Waals surface area contributed by atoms with E-state index in [9.17, 15) is 9.18 Å². The molecule has 0 heterocycles. The molecule has 0 radical (unpaired) electrons. The van der Waals surface area contributed by atoms with Gasteiger partial charge in [0.05, 0.1) is 5.02 Å². The van der Waals surface area contributed by atoms with E-state index >= 15 is 0 Å². The van der Waals surface area contributed by atoms with Crippen molar-refractivity contribution in [2.75, 3.05) is 6.61 Å². The third-order valence-electron chi connectivity index (χ3n) is 2.38. The molecule has 0 aliphatic heterocycles. The Morgan fingerprint density at radius 2 is 2.28 bits per heavy atom. The highest BCUT2D eigenvalue weighted by molar-refractivity contribution is 6.30. The topological polar surface area (TPSA) is 61.4 Å². The molecule has 2 amide bonds. The number of halogens is 2. The SMILES string of the molecule is C[C@H](CCO)NC(=O)NCc1ccc(F)c(Cl)c1. The molecule has 1 aromatic rings. The fraction of sp³-hybridized carbons (Fsp3) is 0.417. The second kappa shape index (κ2) is 7.18. The number of benzene rings is 1. The number of rotatable bonds is 5. The van der Waals surface area contributed by atoms with E-state index in [-0.39, 0.29) is 30.2 Å². The summed E-state index contributed by atoms with van der Waals surface area (Å²) in [6, 6.07) is 3.83. The number of carbonyl (C=O) groups is 1. The maximum atomic E-state index is 12.9. The smallest absolute Gasteiger partial charge is 0.315 e. The van der Waals surface area contributed by atoms with Gasteiger partial charge in [0.25, 0.3) is 0 Å².